The topological polar surface area (TPSA) is 63.1 Å². The Bertz CT molecular complexity index is 451. The van der Waals surface area contributed by atoms with E-state index >= 15 is 0 Å². The molecule has 1 amide bonds. The number of rotatable bonds is 6. The first kappa shape index (κ1) is 15.9. The number of carbonyl (C=O) groups excluding carboxylic acids is 1. The van der Waals surface area contributed by atoms with Crippen molar-refractivity contribution >= 4 is 5.91 Å². The minimum atomic E-state index is -0.0924. The highest BCUT2D eigenvalue weighted by Crippen LogP contribution is 2.21. The summed E-state index contributed by atoms with van der Waals surface area (Å²) >= 11 is 0. The van der Waals surface area contributed by atoms with Gasteiger partial charge in [0.15, 0.2) is 0 Å². The van der Waals surface area contributed by atoms with Gasteiger partial charge in [0.1, 0.15) is 12.2 Å². The molecule has 1 atom stereocenters. The Morgan fingerprint density at radius 2 is 2.19 bits per heavy atom. The van der Waals surface area contributed by atoms with Crippen molar-refractivity contribution in [3.05, 3.63) is 12.2 Å². The Morgan fingerprint density at radius 1 is 1.48 bits per heavy atom. The normalized spacial score (nSPS) is 18.6. The Hall–Kier alpha value is -1.43. The molecule has 6 nitrogen and oxygen atoms in total. The molecule has 1 aliphatic rings. The van der Waals surface area contributed by atoms with Crippen LogP contribution in [0.1, 0.15) is 51.4 Å². The number of aryl methyl sites for hydroxylation is 1. The van der Waals surface area contributed by atoms with Gasteiger partial charge in [-0.2, -0.15) is 5.10 Å². The molecule has 2 heterocycles. The smallest absolute Gasteiger partial charge is 0.220 e. The van der Waals surface area contributed by atoms with Gasteiger partial charge in [-0.05, 0) is 51.7 Å². The van der Waals surface area contributed by atoms with E-state index in [1.165, 1.54) is 19.3 Å². The minimum absolute atomic E-state index is 0.0924. The average Bonchev–Trinajstić information content (AvgIpc) is 2.87. The molecule has 0 unspecified atom stereocenters. The SMILES string of the molecule is CCCN1CCC(CC(=O)N[C@H](C)c2ncnn2C)CC1. The van der Waals surface area contributed by atoms with E-state index in [1.54, 1.807) is 4.68 Å². The van der Waals surface area contributed by atoms with Crippen molar-refractivity contribution in [2.24, 2.45) is 13.0 Å². The molecule has 0 aliphatic carbocycles. The van der Waals surface area contributed by atoms with Crippen LogP contribution in [0, 0.1) is 5.92 Å². The van der Waals surface area contributed by atoms with Gasteiger partial charge < -0.3 is 10.2 Å². The van der Waals surface area contributed by atoms with Crippen molar-refractivity contribution < 1.29 is 4.79 Å². The van der Waals surface area contributed by atoms with Crippen LogP contribution >= 0.6 is 0 Å². The molecule has 0 aromatic carbocycles. The molecule has 0 spiro atoms. The summed E-state index contributed by atoms with van der Waals surface area (Å²) in [5.74, 6) is 1.44. The highest BCUT2D eigenvalue weighted by atomic mass is 16.1. The van der Waals surface area contributed by atoms with Gasteiger partial charge in [0.05, 0.1) is 6.04 Å². The van der Waals surface area contributed by atoms with Gasteiger partial charge in [-0.1, -0.05) is 6.92 Å². The second-order valence-electron chi connectivity index (χ2n) is 6.02. The zero-order valence-corrected chi connectivity index (χ0v) is 13.4. The number of carbonyl (C=O) groups is 1. The van der Waals surface area contributed by atoms with Crippen LogP contribution in [0.4, 0.5) is 0 Å². The van der Waals surface area contributed by atoms with Crippen LogP contribution in [0.5, 0.6) is 0 Å². The molecule has 1 saturated heterocycles. The first-order chi connectivity index (χ1) is 10.1. The summed E-state index contributed by atoms with van der Waals surface area (Å²) in [6.45, 7) is 7.61. The number of likely N-dealkylation sites (tertiary alicyclic amines) is 1. The lowest BCUT2D eigenvalue weighted by atomic mass is 9.93. The Balaban J connectivity index is 1.74. The Morgan fingerprint density at radius 3 is 2.76 bits per heavy atom. The first-order valence-corrected chi connectivity index (χ1v) is 7.95. The number of amides is 1. The summed E-state index contributed by atoms with van der Waals surface area (Å²) in [5.41, 5.74) is 0. The van der Waals surface area contributed by atoms with Gasteiger partial charge in [0.2, 0.25) is 5.91 Å². The Kier molecular flexibility index (Phi) is 5.73. The van der Waals surface area contributed by atoms with Gasteiger partial charge in [-0.3, -0.25) is 9.48 Å². The van der Waals surface area contributed by atoms with Crippen molar-refractivity contribution in [2.75, 3.05) is 19.6 Å². The molecule has 0 radical (unpaired) electrons. The molecule has 6 heteroatoms. The number of nitrogens with one attached hydrogen (secondary N) is 1. The van der Waals surface area contributed by atoms with Crippen LogP contribution < -0.4 is 5.32 Å². The number of aromatic nitrogens is 3. The van der Waals surface area contributed by atoms with Crippen LogP contribution in [-0.2, 0) is 11.8 Å². The highest BCUT2D eigenvalue weighted by Gasteiger charge is 2.22. The number of nitrogens with zero attached hydrogens (tertiary/aromatic N) is 4. The van der Waals surface area contributed by atoms with E-state index in [2.05, 4.69) is 27.2 Å². The van der Waals surface area contributed by atoms with Crippen LogP contribution in [0.2, 0.25) is 0 Å². The van der Waals surface area contributed by atoms with E-state index in [0.717, 1.165) is 31.8 Å². The van der Waals surface area contributed by atoms with E-state index in [9.17, 15) is 4.79 Å². The highest BCUT2D eigenvalue weighted by molar-refractivity contribution is 5.76. The molecule has 0 saturated carbocycles. The molecule has 1 aromatic rings. The number of hydrogen-bond donors (Lipinski definition) is 1. The summed E-state index contributed by atoms with van der Waals surface area (Å²) in [6.07, 6.45) is 5.61. The predicted molar refractivity (Wildman–Crippen MR) is 81.6 cm³/mol. The average molecular weight is 293 g/mol. The lowest BCUT2D eigenvalue weighted by Crippen LogP contribution is -2.36. The van der Waals surface area contributed by atoms with Crippen molar-refractivity contribution in [3.8, 4) is 0 Å². The molecular weight excluding hydrogens is 266 g/mol. The zero-order valence-electron chi connectivity index (χ0n) is 13.4. The lowest BCUT2D eigenvalue weighted by Gasteiger charge is -2.31. The minimum Gasteiger partial charge on any atom is -0.346 e. The van der Waals surface area contributed by atoms with E-state index in [-0.39, 0.29) is 11.9 Å². The Labute approximate surface area is 126 Å². The third-order valence-electron chi connectivity index (χ3n) is 4.23. The monoisotopic (exact) mass is 293 g/mol. The van der Waals surface area contributed by atoms with E-state index < -0.39 is 0 Å². The summed E-state index contributed by atoms with van der Waals surface area (Å²) < 4.78 is 1.70. The molecule has 1 aromatic heterocycles. The van der Waals surface area contributed by atoms with Crippen LogP contribution in [0.25, 0.3) is 0 Å². The number of piperidine rings is 1. The van der Waals surface area contributed by atoms with Crippen LogP contribution in [0.3, 0.4) is 0 Å². The lowest BCUT2D eigenvalue weighted by molar-refractivity contribution is -0.123. The van der Waals surface area contributed by atoms with Crippen LogP contribution in [0.15, 0.2) is 6.33 Å². The fraction of sp³-hybridized carbons (Fsp3) is 0.800. The zero-order chi connectivity index (χ0) is 15.2. The first-order valence-electron chi connectivity index (χ1n) is 7.95. The third kappa shape index (κ3) is 4.52. The number of hydrogen-bond acceptors (Lipinski definition) is 4. The molecule has 1 fully saturated rings. The fourth-order valence-electron chi connectivity index (χ4n) is 3.05. The molecule has 0 bridgehead atoms. The van der Waals surface area contributed by atoms with Crippen molar-refractivity contribution in [2.45, 2.75) is 45.6 Å². The third-order valence-corrected chi connectivity index (χ3v) is 4.23. The van der Waals surface area contributed by atoms with Gasteiger partial charge in [0.25, 0.3) is 0 Å². The standard InChI is InChI=1S/C15H27N5O/c1-4-7-20-8-5-13(6-9-20)10-14(21)18-12(2)15-16-11-17-19(15)3/h11-13H,4-10H2,1-3H3,(H,18,21)/t12-/m1/s1. The maximum Gasteiger partial charge on any atom is 0.220 e. The van der Waals surface area contributed by atoms with Gasteiger partial charge >= 0.3 is 0 Å². The predicted octanol–water partition coefficient (Wildman–Crippen LogP) is 1.50. The second kappa shape index (κ2) is 7.54. The summed E-state index contributed by atoms with van der Waals surface area (Å²) in [5, 5.41) is 7.07. The maximum atomic E-state index is 12.2. The summed E-state index contributed by atoms with van der Waals surface area (Å²) in [4.78, 5) is 18.8. The van der Waals surface area contributed by atoms with Crippen molar-refractivity contribution in [1.29, 1.82) is 0 Å². The quantitative estimate of drug-likeness (QED) is 0.863. The van der Waals surface area contributed by atoms with Crippen molar-refractivity contribution in [1.82, 2.24) is 25.0 Å². The molecular formula is C15H27N5O. The van der Waals surface area contributed by atoms with E-state index in [4.69, 9.17) is 0 Å². The molecule has 118 valence electrons. The maximum absolute atomic E-state index is 12.2. The molecule has 1 N–H and O–H groups in total. The van der Waals surface area contributed by atoms with E-state index in [0.29, 0.717) is 12.3 Å². The largest absolute Gasteiger partial charge is 0.346 e. The van der Waals surface area contributed by atoms with Gasteiger partial charge in [-0.25, -0.2) is 4.98 Å². The van der Waals surface area contributed by atoms with Crippen LogP contribution in [-0.4, -0.2) is 45.2 Å². The van der Waals surface area contributed by atoms with E-state index in [1.807, 2.05) is 14.0 Å². The molecule has 2 rings (SSSR count). The van der Waals surface area contributed by atoms with Gasteiger partial charge in [-0.15, -0.1) is 0 Å². The molecule has 1 aliphatic heterocycles. The van der Waals surface area contributed by atoms with Crippen molar-refractivity contribution in [3.63, 3.8) is 0 Å². The fourth-order valence-corrected chi connectivity index (χ4v) is 3.05. The molecule has 21 heavy (non-hydrogen) atoms. The summed E-state index contributed by atoms with van der Waals surface area (Å²) in [7, 11) is 1.84. The second-order valence-corrected chi connectivity index (χ2v) is 6.02. The van der Waals surface area contributed by atoms with Gasteiger partial charge in [0, 0.05) is 13.5 Å². The summed E-state index contributed by atoms with van der Waals surface area (Å²) in [6, 6.07) is -0.0924.